The highest BCUT2D eigenvalue weighted by Gasteiger charge is 2.32. The van der Waals surface area contributed by atoms with Gasteiger partial charge in [-0.2, -0.15) is 0 Å². The zero-order valence-electron chi connectivity index (χ0n) is 22.3. The number of ether oxygens (including phenoxy) is 2. The first-order valence-electron chi connectivity index (χ1n) is 12.6. The van der Waals surface area contributed by atoms with Crippen molar-refractivity contribution in [2.24, 2.45) is 0 Å². The van der Waals surface area contributed by atoms with Gasteiger partial charge >= 0.3 is 0 Å². The molecular weight excluding hydrogens is 574 g/mol. The van der Waals surface area contributed by atoms with Gasteiger partial charge in [0, 0.05) is 23.1 Å². The number of hydrogen-bond donors (Lipinski definition) is 1. The number of carbonyl (C=O) groups is 2. The number of benzene rings is 2. The Morgan fingerprint density at radius 1 is 1.08 bits per heavy atom. The summed E-state index contributed by atoms with van der Waals surface area (Å²) < 4.78 is 38.3. The molecule has 3 rings (SSSR count). The van der Waals surface area contributed by atoms with Gasteiger partial charge in [0.05, 0.1) is 26.2 Å². The fraction of sp³-hybridized carbons (Fsp3) is 0.481. The fourth-order valence-corrected chi connectivity index (χ4v) is 5.86. The van der Waals surface area contributed by atoms with Crippen molar-refractivity contribution >= 4 is 43.5 Å². The second-order valence-electron chi connectivity index (χ2n) is 9.48. The topological polar surface area (TPSA) is 105 Å². The molecule has 38 heavy (non-hydrogen) atoms. The van der Waals surface area contributed by atoms with Crippen molar-refractivity contribution in [1.29, 1.82) is 0 Å². The predicted octanol–water partition coefficient (Wildman–Crippen LogP) is 4.10. The lowest BCUT2D eigenvalue weighted by molar-refractivity contribution is -0.139. The summed E-state index contributed by atoms with van der Waals surface area (Å²) in [5.74, 6) is -0.101. The molecule has 0 aliphatic heterocycles. The molecule has 1 saturated carbocycles. The third-order valence-electron chi connectivity index (χ3n) is 6.69. The van der Waals surface area contributed by atoms with Crippen LogP contribution in [-0.4, -0.2) is 64.2 Å². The molecule has 0 saturated heterocycles. The van der Waals surface area contributed by atoms with Gasteiger partial charge in [-0.1, -0.05) is 47.3 Å². The summed E-state index contributed by atoms with van der Waals surface area (Å²) in [5, 5.41) is 3.09. The van der Waals surface area contributed by atoms with Crippen LogP contribution in [0.15, 0.2) is 46.9 Å². The molecule has 1 aliphatic carbocycles. The maximum Gasteiger partial charge on any atom is 0.244 e. The van der Waals surface area contributed by atoms with Crippen LogP contribution in [0, 0.1) is 0 Å². The molecule has 1 atom stereocenters. The highest BCUT2D eigenvalue weighted by atomic mass is 79.9. The summed E-state index contributed by atoms with van der Waals surface area (Å²) in [5.41, 5.74) is 0.972. The largest absolute Gasteiger partial charge is 0.497 e. The monoisotopic (exact) mass is 609 g/mol. The van der Waals surface area contributed by atoms with Crippen molar-refractivity contribution in [1.82, 2.24) is 10.2 Å². The number of methoxy groups -OCH3 is 2. The lowest BCUT2D eigenvalue weighted by Crippen LogP contribution is -2.53. The summed E-state index contributed by atoms with van der Waals surface area (Å²) in [6, 6.07) is 11.4. The third-order valence-corrected chi connectivity index (χ3v) is 8.31. The lowest BCUT2D eigenvalue weighted by atomic mass is 9.95. The minimum atomic E-state index is -3.91. The van der Waals surface area contributed by atoms with Crippen LogP contribution >= 0.6 is 15.9 Å². The average molecular weight is 611 g/mol. The van der Waals surface area contributed by atoms with Crippen LogP contribution in [0.1, 0.15) is 44.6 Å². The van der Waals surface area contributed by atoms with Crippen molar-refractivity contribution in [3.05, 3.63) is 52.5 Å². The molecule has 9 nitrogen and oxygen atoms in total. The highest BCUT2D eigenvalue weighted by molar-refractivity contribution is 9.10. The number of nitrogens with one attached hydrogen (secondary N) is 1. The minimum absolute atomic E-state index is 0.0788. The van der Waals surface area contributed by atoms with Gasteiger partial charge in [-0.05, 0) is 49.6 Å². The van der Waals surface area contributed by atoms with Crippen LogP contribution in [0.3, 0.4) is 0 Å². The summed E-state index contributed by atoms with van der Waals surface area (Å²) in [7, 11) is -1.02. The number of halogens is 1. The van der Waals surface area contributed by atoms with Gasteiger partial charge in [0.25, 0.3) is 0 Å². The summed E-state index contributed by atoms with van der Waals surface area (Å²) >= 11 is 3.45. The highest BCUT2D eigenvalue weighted by Crippen LogP contribution is 2.34. The molecule has 0 bridgehead atoms. The Morgan fingerprint density at radius 3 is 2.39 bits per heavy atom. The average Bonchev–Trinajstić information content (AvgIpc) is 2.89. The van der Waals surface area contributed by atoms with Gasteiger partial charge in [0.1, 0.15) is 24.1 Å². The van der Waals surface area contributed by atoms with Crippen LogP contribution in [0.25, 0.3) is 0 Å². The van der Waals surface area contributed by atoms with Crippen molar-refractivity contribution in [2.75, 3.05) is 31.3 Å². The molecule has 2 amide bonds. The van der Waals surface area contributed by atoms with Crippen LogP contribution in [0.2, 0.25) is 0 Å². The molecule has 1 fully saturated rings. The molecule has 208 valence electrons. The van der Waals surface area contributed by atoms with Gasteiger partial charge in [-0.3, -0.25) is 13.9 Å². The van der Waals surface area contributed by atoms with Gasteiger partial charge < -0.3 is 19.7 Å². The smallest absolute Gasteiger partial charge is 0.244 e. The first-order valence-corrected chi connectivity index (χ1v) is 15.2. The molecular formula is C27H36BrN3O6S. The van der Waals surface area contributed by atoms with E-state index >= 15 is 0 Å². The number of nitrogens with zero attached hydrogens (tertiary/aromatic N) is 2. The van der Waals surface area contributed by atoms with Crippen LogP contribution in [0.5, 0.6) is 11.5 Å². The SMILES string of the molecule is COc1ccc(OC)c(N(CC(=O)N(Cc2cccc(Br)c2)[C@@H](C)C(=O)NC2CCCCC2)S(C)(=O)=O)c1. The van der Waals surface area contributed by atoms with E-state index in [-0.39, 0.29) is 29.9 Å². The maximum absolute atomic E-state index is 13.8. The third kappa shape index (κ3) is 7.86. The first kappa shape index (κ1) is 29.8. The van der Waals surface area contributed by atoms with Crippen molar-refractivity contribution in [3.63, 3.8) is 0 Å². The van der Waals surface area contributed by atoms with Gasteiger partial charge in [-0.15, -0.1) is 0 Å². The number of hydrogen-bond acceptors (Lipinski definition) is 6. The Morgan fingerprint density at radius 2 is 1.79 bits per heavy atom. The maximum atomic E-state index is 13.8. The summed E-state index contributed by atoms with van der Waals surface area (Å²) in [4.78, 5) is 28.5. The Labute approximate surface area is 233 Å². The zero-order valence-corrected chi connectivity index (χ0v) is 24.7. The summed E-state index contributed by atoms with van der Waals surface area (Å²) in [6.45, 7) is 1.28. The second-order valence-corrected chi connectivity index (χ2v) is 12.3. The fourth-order valence-electron chi connectivity index (χ4n) is 4.57. The first-order chi connectivity index (χ1) is 18.0. The van der Waals surface area contributed by atoms with E-state index in [1.165, 1.54) is 25.2 Å². The Hall–Kier alpha value is -2.79. The Kier molecular flexibility index (Phi) is 10.4. The molecule has 0 unspecified atom stereocenters. The molecule has 1 N–H and O–H groups in total. The van der Waals surface area contributed by atoms with Crippen molar-refractivity contribution in [2.45, 2.75) is 57.7 Å². The van der Waals surface area contributed by atoms with E-state index in [1.807, 2.05) is 24.3 Å². The van der Waals surface area contributed by atoms with Gasteiger partial charge in [0.2, 0.25) is 21.8 Å². The molecule has 0 aromatic heterocycles. The van der Waals surface area contributed by atoms with Crippen LogP contribution in [-0.2, 0) is 26.2 Å². The zero-order chi connectivity index (χ0) is 27.9. The normalized spacial score (nSPS) is 14.9. The van der Waals surface area contributed by atoms with E-state index in [1.54, 1.807) is 19.1 Å². The number of amides is 2. The van der Waals surface area contributed by atoms with Crippen LogP contribution < -0.4 is 19.1 Å². The lowest BCUT2D eigenvalue weighted by Gasteiger charge is -2.33. The van der Waals surface area contributed by atoms with E-state index in [0.29, 0.717) is 5.75 Å². The second kappa shape index (κ2) is 13.3. The Bertz CT molecular complexity index is 1230. The van der Waals surface area contributed by atoms with E-state index in [2.05, 4.69) is 21.2 Å². The minimum Gasteiger partial charge on any atom is -0.497 e. The molecule has 11 heteroatoms. The number of sulfonamides is 1. The number of anilines is 1. The molecule has 0 heterocycles. The van der Waals surface area contributed by atoms with Crippen LogP contribution in [0.4, 0.5) is 5.69 Å². The number of rotatable bonds is 11. The molecule has 2 aromatic rings. The van der Waals surface area contributed by atoms with Gasteiger partial charge in [-0.25, -0.2) is 8.42 Å². The van der Waals surface area contributed by atoms with Crippen molar-refractivity contribution < 1.29 is 27.5 Å². The quantitative estimate of drug-likeness (QED) is 0.411. The van der Waals surface area contributed by atoms with E-state index < -0.39 is 28.5 Å². The number of carbonyl (C=O) groups excluding carboxylic acids is 2. The van der Waals surface area contributed by atoms with E-state index in [4.69, 9.17) is 9.47 Å². The molecule has 1 aliphatic rings. The van der Waals surface area contributed by atoms with Gasteiger partial charge in [0.15, 0.2) is 0 Å². The standard InChI is InChI=1S/C27H36BrN3O6S/c1-19(27(33)29-22-11-6-5-7-12-22)30(17-20-9-8-10-21(28)15-20)26(32)18-31(38(4,34)35)24-16-23(36-2)13-14-25(24)37-3/h8-10,13-16,19,22H,5-7,11-12,17-18H2,1-4H3,(H,29,33)/t19-/m0/s1. The van der Waals surface area contributed by atoms with E-state index in [0.717, 1.165) is 52.7 Å². The molecule has 0 radical (unpaired) electrons. The molecule has 0 spiro atoms. The molecule has 2 aromatic carbocycles. The predicted molar refractivity (Wildman–Crippen MR) is 151 cm³/mol. The summed E-state index contributed by atoms with van der Waals surface area (Å²) in [6.07, 6.45) is 6.13. The van der Waals surface area contributed by atoms with Crippen molar-refractivity contribution in [3.8, 4) is 11.5 Å². The Balaban J connectivity index is 1.93. The van der Waals surface area contributed by atoms with E-state index in [9.17, 15) is 18.0 Å².